The van der Waals surface area contributed by atoms with E-state index in [0.29, 0.717) is 12.6 Å². The van der Waals surface area contributed by atoms with Crippen molar-refractivity contribution in [1.29, 1.82) is 0 Å². The Morgan fingerprint density at radius 3 is 2.32 bits per heavy atom. The summed E-state index contributed by atoms with van der Waals surface area (Å²) in [5, 5.41) is 33.1. The Balaban J connectivity index is 0.00000578. The Labute approximate surface area is 218 Å². The number of unbranched alkanes of at least 4 members (excludes halogenated alkanes) is 3. The summed E-state index contributed by atoms with van der Waals surface area (Å²) in [6, 6.07) is -0.243. The first-order chi connectivity index (χ1) is 15.7. The molecule has 1 radical (unpaired) electrons. The monoisotopic (exact) mass is 657 g/mol. The maximum atomic E-state index is 12.9. The second kappa shape index (κ2) is 15.4. The van der Waals surface area contributed by atoms with Crippen molar-refractivity contribution >= 4 is 12.5 Å². The fourth-order valence-electron chi connectivity index (χ4n) is 4.97. The van der Waals surface area contributed by atoms with E-state index in [1.165, 1.54) is 25.7 Å². The molecule has 0 aromatic heterocycles. The van der Waals surface area contributed by atoms with Gasteiger partial charge < -0.3 is 35.1 Å². The summed E-state index contributed by atoms with van der Waals surface area (Å²) in [4.78, 5) is 27.4. The molecule has 1 heterocycles. The zero-order valence-electron chi connectivity index (χ0n) is 20.9. The van der Waals surface area contributed by atoms with Gasteiger partial charge in [0.15, 0.2) is 0 Å². The summed E-state index contributed by atoms with van der Waals surface area (Å²) >= 11 is 0. The number of rotatable bonds is 11. The molecule has 0 unspecified atom stereocenters. The summed E-state index contributed by atoms with van der Waals surface area (Å²) in [7, 11) is 0. The van der Waals surface area contributed by atoms with Gasteiger partial charge in [0.25, 0.3) is 0 Å². The normalized spacial score (nSPS) is 26.4. The topological polar surface area (TPSA) is 123 Å². The number of aliphatic hydroxyl groups is 3. The molecule has 1 saturated carbocycles. The number of urea groups is 1. The fraction of sp³-hybridized carbons (Fsp3) is 0.917. The van der Waals surface area contributed by atoms with Crippen molar-refractivity contribution in [2.75, 3.05) is 26.2 Å². The van der Waals surface area contributed by atoms with Gasteiger partial charge in [-0.15, -0.1) is 0 Å². The summed E-state index contributed by atoms with van der Waals surface area (Å²) in [5.41, 5.74) is -0.261. The molecule has 0 aromatic rings. The molecule has 9 nitrogen and oxygen atoms in total. The van der Waals surface area contributed by atoms with E-state index in [0.717, 1.165) is 45.1 Å². The molecule has 1 saturated heterocycles. The summed E-state index contributed by atoms with van der Waals surface area (Å²) in [6.45, 7) is 8.67. The van der Waals surface area contributed by atoms with Gasteiger partial charge >= 0.3 is 6.03 Å². The summed E-state index contributed by atoms with van der Waals surface area (Å²) in [5.74, 6) is 0. The van der Waals surface area contributed by atoms with Crippen LogP contribution in [-0.4, -0.2) is 99.8 Å². The van der Waals surface area contributed by atoms with E-state index < -0.39 is 24.4 Å². The number of nitrogens with zero attached hydrogens (tertiary/aromatic N) is 2. The molecule has 199 valence electrons. The van der Waals surface area contributed by atoms with Crippen LogP contribution in [0.3, 0.4) is 0 Å². The Kier molecular flexibility index (Phi) is 14.1. The van der Waals surface area contributed by atoms with E-state index in [1.54, 1.807) is 0 Å². The maximum absolute atomic E-state index is 12.9. The maximum Gasteiger partial charge on any atom is 0.318 e. The van der Waals surface area contributed by atoms with Crippen molar-refractivity contribution in [3.05, 3.63) is 0 Å². The molecule has 0 bridgehead atoms. The zero-order chi connectivity index (χ0) is 24.4. The molecular formula is C24H44N3O6Re-. The van der Waals surface area contributed by atoms with Crippen molar-refractivity contribution in [3.63, 3.8) is 0 Å². The van der Waals surface area contributed by atoms with E-state index in [2.05, 4.69) is 5.32 Å². The first-order valence-electron chi connectivity index (χ1n) is 12.5. The zero-order valence-corrected chi connectivity index (χ0v) is 23.6. The van der Waals surface area contributed by atoms with Gasteiger partial charge in [-0.05, 0) is 53.0 Å². The number of hydrogen-bond acceptors (Lipinski definition) is 7. The number of carbonyl (C=O) groups excluding carboxylic acids is 2. The molecule has 2 fully saturated rings. The van der Waals surface area contributed by atoms with E-state index >= 15 is 0 Å². The molecule has 1 aliphatic carbocycles. The standard InChI is InChI=1S/C24H44N3O6.Re/c1-24(2,3)25-23(32)27(18-11-7-6-8-12-18)14-10-5-4-9-13-26-15-20(33-17-29)22(31)21(30)19(26)16-28;/h18-22,28,30-31H,4-16H2,1-3H3,(H,25,32);/q-1;/t19-,20+,21-,22-;/m1./s1. The first kappa shape index (κ1) is 31.3. The van der Waals surface area contributed by atoms with Crippen LogP contribution in [0.15, 0.2) is 0 Å². The molecular weight excluding hydrogens is 612 g/mol. The average molecular weight is 657 g/mol. The second-order valence-electron chi connectivity index (χ2n) is 10.5. The Morgan fingerprint density at radius 1 is 1.09 bits per heavy atom. The summed E-state index contributed by atoms with van der Waals surface area (Å²) < 4.78 is 4.79. The van der Waals surface area contributed by atoms with Gasteiger partial charge in [-0.2, -0.15) is 0 Å². The molecule has 34 heavy (non-hydrogen) atoms. The van der Waals surface area contributed by atoms with E-state index in [4.69, 9.17) is 4.74 Å². The van der Waals surface area contributed by atoms with Crippen LogP contribution >= 0.6 is 0 Å². The minimum Gasteiger partial charge on any atom is -0.648 e. The molecule has 4 N–H and O–H groups in total. The Morgan fingerprint density at radius 2 is 1.74 bits per heavy atom. The van der Waals surface area contributed by atoms with Gasteiger partial charge in [0.2, 0.25) is 0 Å². The van der Waals surface area contributed by atoms with Gasteiger partial charge in [-0.1, -0.05) is 38.6 Å². The van der Waals surface area contributed by atoms with Gasteiger partial charge in [0, 0.05) is 45.1 Å². The minimum atomic E-state index is -1.23. The minimum absolute atomic E-state index is 0. The van der Waals surface area contributed by atoms with Crippen LogP contribution in [0.2, 0.25) is 0 Å². The van der Waals surface area contributed by atoms with Crippen LogP contribution < -0.4 is 5.32 Å². The third-order valence-electron chi connectivity index (χ3n) is 6.75. The molecule has 0 spiro atoms. The van der Waals surface area contributed by atoms with Gasteiger partial charge in [-0.3, -0.25) is 4.90 Å². The first-order valence-corrected chi connectivity index (χ1v) is 12.5. The number of ether oxygens (including phenoxy) is 1. The quantitative estimate of drug-likeness (QED) is 0.197. The van der Waals surface area contributed by atoms with Crippen LogP contribution in [0.25, 0.3) is 0 Å². The second-order valence-corrected chi connectivity index (χ2v) is 10.5. The molecule has 0 aromatic carbocycles. The Hall–Kier alpha value is -0.758. The van der Waals surface area contributed by atoms with Gasteiger partial charge in [-0.25, -0.2) is 4.79 Å². The number of likely N-dealkylation sites (tertiary alicyclic amines) is 1. The van der Waals surface area contributed by atoms with Gasteiger partial charge in [0.05, 0.1) is 12.6 Å². The molecule has 10 heteroatoms. The van der Waals surface area contributed by atoms with Gasteiger partial charge in [0.1, 0.15) is 18.3 Å². The van der Waals surface area contributed by atoms with E-state index in [1.807, 2.05) is 30.6 Å². The SMILES string of the molecule is CC(C)(C)NC(=O)N(CCCCCCN1C[C@H](O[C-]=O)[C@@H](O)[C@H](O)[C@H]1CO)C1CCCCC1.[Re]. The number of aliphatic hydroxyl groups excluding tert-OH is 3. The number of carbonyl (C=O) groups is 1. The smallest absolute Gasteiger partial charge is 0.318 e. The fourth-order valence-corrected chi connectivity index (χ4v) is 4.97. The van der Waals surface area contributed by atoms with E-state index in [9.17, 15) is 24.9 Å². The molecule has 4 atom stereocenters. The van der Waals surface area contributed by atoms with Crippen molar-refractivity contribution in [1.82, 2.24) is 15.1 Å². The van der Waals surface area contributed by atoms with Crippen LogP contribution in [0.5, 0.6) is 0 Å². The van der Waals surface area contributed by atoms with Crippen LogP contribution in [0.4, 0.5) is 4.79 Å². The van der Waals surface area contributed by atoms with Crippen molar-refractivity contribution in [2.24, 2.45) is 0 Å². The average Bonchev–Trinajstić information content (AvgIpc) is 2.76. The number of piperidine rings is 1. The van der Waals surface area contributed by atoms with Crippen molar-refractivity contribution < 1.29 is 50.1 Å². The van der Waals surface area contributed by atoms with Crippen LogP contribution in [0, 0.1) is 0 Å². The Bertz CT molecular complexity index is 600. The third kappa shape index (κ3) is 9.71. The largest absolute Gasteiger partial charge is 0.648 e. The molecule has 2 amide bonds. The predicted molar refractivity (Wildman–Crippen MR) is 125 cm³/mol. The molecule has 2 aliphatic rings. The third-order valence-corrected chi connectivity index (χ3v) is 6.75. The van der Waals surface area contributed by atoms with Crippen LogP contribution in [0.1, 0.15) is 78.6 Å². The van der Waals surface area contributed by atoms with Crippen molar-refractivity contribution in [3.8, 4) is 0 Å². The van der Waals surface area contributed by atoms with Crippen LogP contribution in [-0.2, 0) is 30.0 Å². The van der Waals surface area contributed by atoms with Crippen molar-refractivity contribution in [2.45, 2.75) is 114 Å². The predicted octanol–water partition coefficient (Wildman–Crippen LogP) is 1.54. The summed E-state index contributed by atoms with van der Waals surface area (Å²) in [6.07, 6.45) is 6.16. The number of amides is 2. The number of hydrogen-bond donors (Lipinski definition) is 4. The number of nitrogens with one attached hydrogen (secondary N) is 1. The molecule has 1 aliphatic heterocycles. The van der Waals surface area contributed by atoms with E-state index in [-0.39, 0.29) is 45.1 Å². The molecule has 2 rings (SSSR count).